The fraction of sp³-hybridized carbons (Fsp3) is 0. The van der Waals surface area contributed by atoms with Crippen LogP contribution in [-0.4, -0.2) is 19.5 Å². The van der Waals surface area contributed by atoms with Gasteiger partial charge in [0.2, 0.25) is 0 Å². The Kier molecular flexibility index (Phi) is 9.36. The Morgan fingerprint density at radius 3 is 1.63 bits per heavy atom. The Hall–Kier alpha value is -9.03. The predicted octanol–water partition coefficient (Wildman–Crippen LogP) is 17.6. The van der Waals surface area contributed by atoms with Gasteiger partial charge in [0.05, 0.1) is 16.7 Å². The van der Waals surface area contributed by atoms with Gasteiger partial charge in [-0.3, -0.25) is 0 Å². The maximum Gasteiger partial charge on any atom is 0.164 e. The van der Waals surface area contributed by atoms with Gasteiger partial charge in [-0.05, 0) is 97.9 Å². The molecule has 0 atom stereocenters. The number of hydrogen-bond acceptors (Lipinski definition) is 4. The lowest BCUT2D eigenvalue weighted by Crippen LogP contribution is -2.02. The number of benzene rings is 11. The fourth-order valence-electron chi connectivity index (χ4n) is 10.5. The molecule has 0 aliphatic carbocycles. The van der Waals surface area contributed by atoms with Crippen LogP contribution < -0.4 is 0 Å². The summed E-state index contributed by atoms with van der Waals surface area (Å²) in [5.41, 5.74) is 13.0. The van der Waals surface area contributed by atoms with Gasteiger partial charge in [0.15, 0.2) is 17.5 Å². The van der Waals surface area contributed by atoms with Crippen molar-refractivity contribution in [2.75, 3.05) is 0 Å². The summed E-state index contributed by atoms with van der Waals surface area (Å²) < 4.78 is 5.01. The molecule has 14 rings (SSSR count). The van der Waals surface area contributed by atoms with Crippen LogP contribution in [0.1, 0.15) is 0 Å². The summed E-state index contributed by atoms with van der Waals surface area (Å²) in [4.78, 5) is 15.8. The topological polar surface area (TPSA) is 43.6 Å². The summed E-state index contributed by atoms with van der Waals surface area (Å²) >= 11 is 1.87. The SMILES string of the molecule is c1ccc(-c2ccc(-c3cccc(-c4nc(-c5ccccc5)nc(-c5ccc(-n6c7ccccc7c7cc8ccccc8cc76)c(-c6cccc7sc8c9ccccc9ccc8c67)c5)n4)c3)cc2)cc1. The molecule has 0 saturated heterocycles. The van der Waals surface area contributed by atoms with E-state index in [1.54, 1.807) is 0 Å². The molecule has 0 spiro atoms. The largest absolute Gasteiger partial charge is 0.309 e. The normalized spacial score (nSPS) is 11.7. The minimum Gasteiger partial charge on any atom is -0.309 e. The van der Waals surface area contributed by atoms with Gasteiger partial charge in [-0.15, -0.1) is 11.3 Å². The molecule has 0 unspecified atom stereocenters. The third kappa shape index (κ3) is 6.70. The second-order valence-corrected chi connectivity index (χ2v) is 19.0. The summed E-state index contributed by atoms with van der Waals surface area (Å²) in [6.45, 7) is 0. The Morgan fingerprint density at radius 2 is 0.857 bits per heavy atom. The molecule has 0 fully saturated rings. The molecule has 0 aliphatic rings. The van der Waals surface area contributed by atoms with Crippen LogP contribution in [0.5, 0.6) is 0 Å². The number of nitrogens with zero attached hydrogens (tertiary/aromatic N) is 4. The van der Waals surface area contributed by atoms with Crippen molar-refractivity contribution in [3.63, 3.8) is 0 Å². The van der Waals surface area contributed by atoms with Crippen LogP contribution in [0.2, 0.25) is 0 Å². The number of aromatic nitrogens is 4. The van der Waals surface area contributed by atoms with Gasteiger partial charge < -0.3 is 4.57 Å². The highest BCUT2D eigenvalue weighted by Gasteiger charge is 2.22. The van der Waals surface area contributed by atoms with Crippen molar-refractivity contribution in [3.05, 3.63) is 243 Å². The van der Waals surface area contributed by atoms with Crippen LogP contribution in [0.25, 0.3) is 137 Å². The Balaban J connectivity index is 1.000. The molecule has 0 aliphatic heterocycles. The van der Waals surface area contributed by atoms with Crippen LogP contribution in [0.15, 0.2) is 243 Å². The number of rotatable bonds is 7. The van der Waals surface area contributed by atoms with E-state index in [-0.39, 0.29) is 0 Å². The lowest BCUT2D eigenvalue weighted by atomic mass is 9.95. The highest BCUT2D eigenvalue weighted by Crippen LogP contribution is 2.46. The minimum absolute atomic E-state index is 0.607. The van der Waals surface area contributed by atoms with Crippen LogP contribution in [-0.2, 0) is 0 Å². The number of fused-ring (bicyclic) bond motifs is 9. The molecule has 3 heterocycles. The molecule has 0 radical (unpaired) electrons. The second-order valence-electron chi connectivity index (χ2n) is 17.9. The summed E-state index contributed by atoms with van der Waals surface area (Å²) in [5.74, 6) is 1.84. The van der Waals surface area contributed by atoms with Crippen LogP contribution in [0.4, 0.5) is 0 Å². The van der Waals surface area contributed by atoms with E-state index < -0.39 is 0 Å². The highest BCUT2D eigenvalue weighted by atomic mass is 32.1. The third-order valence-corrected chi connectivity index (χ3v) is 15.0. The molecule has 0 saturated carbocycles. The van der Waals surface area contributed by atoms with E-state index in [0.717, 1.165) is 55.7 Å². The maximum atomic E-state index is 5.36. The number of hydrogen-bond donors (Lipinski definition) is 0. The first kappa shape index (κ1) is 40.1. The molecule has 0 bridgehead atoms. The maximum absolute atomic E-state index is 5.36. The van der Waals surface area contributed by atoms with Gasteiger partial charge in [-0.25, -0.2) is 15.0 Å². The van der Waals surface area contributed by atoms with Crippen molar-refractivity contribution in [1.29, 1.82) is 0 Å². The van der Waals surface area contributed by atoms with Crippen molar-refractivity contribution >= 4 is 74.9 Å². The lowest BCUT2D eigenvalue weighted by Gasteiger charge is -2.17. The van der Waals surface area contributed by atoms with Gasteiger partial charge in [0.25, 0.3) is 0 Å². The van der Waals surface area contributed by atoms with Gasteiger partial charge >= 0.3 is 0 Å². The van der Waals surface area contributed by atoms with E-state index in [4.69, 9.17) is 15.0 Å². The second kappa shape index (κ2) is 16.3. The summed E-state index contributed by atoms with van der Waals surface area (Å²) in [6, 6.07) is 87.1. The molecule has 326 valence electrons. The van der Waals surface area contributed by atoms with E-state index in [1.807, 2.05) is 29.5 Å². The summed E-state index contributed by atoms with van der Waals surface area (Å²) in [6.07, 6.45) is 0. The highest BCUT2D eigenvalue weighted by molar-refractivity contribution is 7.26. The zero-order valence-electron chi connectivity index (χ0n) is 37.8. The number of thiophene rings is 1. The molecule has 4 nitrogen and oxygen atoms in total. The van der Waals surface area contributed by atoms with Crippen molar-refractivity contribution in [2.45, 2.75) is 0 Å². The quantitative estimate of drug-likeness (QED) is 0.160. The van der Waals surface area contributed by atoms with E-state index in [9.17, 15) is 0 Å². The molecule has 0 N–H and O–H groups in total. The monoisotopic (exact) mass is 908 g/mol. The fourth-order valence-corrected chi connectivity index (χ4v) is 11.7. The van der Waals surface area contributed by atoms with Gasteiger partial charge in [0.1, 0.15) is 0 Å². The van der Waals surface area contributed by atoms with Gasteiger partial charge in [-0.1, -0.05) is 194 Å². The van der Waals surface area contributed by atoms with Crippen molar-refractivity contribution in [3.8, 4) is 73.2 Å². The average molecular weight is 909 g/mol. The van der Waals surface area contributed by atoms with Crippen LogP contribution in [0, 0.1) is 0 Å². The molecule has 5 heteroatoms. The van der Waals surface area contributed by atoms with E-state index >= 15 is 0 Å². The standard InChI is InChI=1S/C65H40N4S/c1-3-15-41(16-4-1)42-29-31-43(32-30-42)46-22-13-23-49(37-46)64-66-63(45-18-5-2-6-19-45)67-65(68-64)50-34-36-58(69-57-27-12-11-25-52(57)55-38-47-20-7-8-21-48(47)40-59(55)69)56(39-50)53-26-14-28-60-61(53)54-35-33-44-17-9-10-24-51(44)62(54)70-60/h1-40H. The first-order valence-corrected chi connectivity index (χ1v) is 24.5. The average Bonchev–Trinajstić information content (AvgIpc) is 3.98. The Bertz CT molecular complexity index is 4340. The Labute approximate surface area is 408 Å². The summed E-state index contributed by atoms with van der Waals surface area (Å²) in [5, 5.41) is 9.88. The van der Waals surface area contributed by atoms with E-state index in [1.165, 1.54) is 63.6 Å². The number of para-hydroxylation sites is 1. The molecule has 14 aromatic rings. The summed E-state index contributed by atoms with van der Waals surface area (Å²) in [7, 11) is 0. The van der Waals surface area contributed by atoms with Crippen molar-refractivity contribution in [2.24, 2.45) is 0 Å². The molecule has 0 amide bonds. The minimum atomic E-state index is 0.607. The van der Waals surface area contributed by atoms with Gasteiger partial charge in [-0.2, -0.15) is 0 Å². The molecule has 3 aromatic heterocycles. The third-order valence-electron chi connectivity index (χ3n) is 13.8. The first-order chi connectivity index (χ1) is 34.7. The zero-order chi connectivity index (χ0) is 46.1. The molecule has 11 aromatic carbocycles. The Morgan fingerprint density at radius 1 is 0.300 bits per heavy atom. The smallest absolute Gasteiger partial charge is 0.164 e. The molecular weight excluding hydrogens is 869 g/mol. The molecular formula is C65H40N4S. The lowest BCUT2D eigenvalue weighted by molar-refractivity contribution is 1.07. The first-order valence-electron chi connectivity index (χ1n) is 23.7. The van der Waals surface area contributed by atoms with Gasteiger partial charge in [0, 0.05) is 53.2 Å². The molecule has 70 heavy (non-hydrogen) atoms. The predicted molar refractivity (Wildman–Crippen MR) is 295 cm³/mol. The van der Waals surface area contributed by atoms with Crippen molar-refractivity contribution in [1.82, 2.24) is 19.5 Å². The van der Waals surface area contributed by atoms with Crippen LogP contribution in [0.3, 0.4) is 0 Å². The van der Waals surface area contributed by atoms with Crippen LogP contribution >= 0.6 is 11.3 Å². The van der Waals surface area contributed by atoms with E-state index in [0.29, 0.717) is 17.5 Å². The van der Waals surface area contributed by atoms with Crippen molar-refractivity contribution < 1.29 is 0 Å². The van der Waals surface area contributed by atoms with E-state index in [2.05, 4.69) is 229 Å². The zero-order valence-corrected chi connectivity index (χ0v) is 38.6.